The largest absolute Gasteiger partial charge is 0.462 e. The number of ether oxygens (including phenoxy) is 1. The SMILES string of the molecule is CCOC(=O)C(F)(F)[C@H](N)c1ccc(Br)s1.Cl. The molecular formula is C9H11BrClF2NO2S. The number of thiophene rings is 1. The van der Waals surface area contributed by atoms with E-state index < -0.39 is 17.9 Å². The van der Waals surface area contributed by atoms with Crippen LogP contribution in [0.2, 0.25) is 0 Å². The first-order chi connectivity index (χ1) is 7.39. The lowest BCUT2D eigenvalue weighted by atomic mass is 10.1. The Labute approximate surface area is 116 Å². The Bertz CT molecular complexity index is 389. The second kappa shape index (κ2) is 6.63. The van der Waals surface area contributed by atoms with Gasteiger partial charge in [-0.2, -0.15) is 8.78 Å². The van der Waals surface area contributed by atoms with Gasteiger partial charge < -0.3 is 10.5 Å². The average Bonchev–Trinajstić information content (AvgIpc) is 2.64. The molecule has 0 fully saturated rings. The fraction of sp³-hybridized carbons (Fsp3) is 0.444. The van der Waals surface area contributed by atoms with E-state index in [2.05, 4.69) is 20.7 Å². The van der Waals surface area contributed by atoms with Gasteiger partial charge in [-0.3, -0.25) is 0 Å². The highest BCUT2D eigenvalue weighted by atomic mass is 79.9. The third-order valence-corrected chi connectivity index (χ3v) is 3.55. The minimum absolute atomic E-state index is 0. The number of rotatable bonds is 4. The van der Waals surface area contributed by atoms with E-state index in [1.165, 1.54) is 13.0 Å². The van der Waals surface area contributed by atoms with E-state index in [-0.39, 0.29) is 23.9 Å². The lowest BCUT2D eigenvalue weighted by molar-refractivity contribution is -0.174. The van der Waals surface area contributed by atoms with E-state index in [4.69, 9.17) is 5.73 Å². The Morgan fingerprint density at radius 3 is 2.65 bits per heavy atom. The average molecular weight is 351 g/mol. The third-order valence-electron chi connectivity index (χ3n) is 1.84. The fourth-order valence-corrected chi connectivity index (χ4v) is 2.49. The Hall–Kier alpha value is -0.240. The van der Waals surface area contributed by atoms with Crippen molar-refractivity contribution in [1.82, 2.24) is 0 Å². The van der Waals surface area contributed by atoms with Crippen molar-refractivity contribution < 1.29 is 18.3 Å². The highest BCUT2D eigenvalue weighted by Crippen LogP contribution is 2.35. The monoisotopic (exact) mass is 349 g/mol. The van der Waals surface area contributed by atoms with Crippen LogP contribution in [-0.2, 0) is 9.53 Å². The molecule has 0 saturated heterocycles. The van der Waals surface area contributed by atoms with Gasteiger partial charge in [-0.1, -0.05) is 0 Å². The first-order valence-electron chi connectivity index (χ1n) is 4.45. The minimum Gasteiger partial charge on any atom is -0.462 e. The zero-order chi connectivity index (χ0) is 12.3. The molecule has 0 amide bonds. The summed E-state index contributed by atoms with van der Waals surface area (Å²) in [7, 11) is 0. The zero-order valence-electron chi connectivity index (χ0n) is 8.78. The van der Waals surface area contributed by atoms with Gasteiger partial charge in [0.2, 0.25) is 0 Å². The summed E-state index contributed by atoms with van der Waals surface area (Å²) in [4.78, 5) is 11.3. The molecule has 0 unspecified atom stereocenters. The van der Waals surface area contributed by atoms with Gasteiger partial charge in [0.15, 0.2) is 0 Å². The van der Waals surface area contributed by atoms with Gasteiger partial charge in [0.25, 0.3) is 0 Å². The molecule has 0 spiro atoms. The van der Waals surface area contributed by atoms with Crippen molar-refractivity contribution in [2.75, 3.05) is 6.61 Å². The lowest BCUT2D eigenvalue weighted by Crippen LogP contribution is -2.41. The quantitative estimate of drug-likeness (QED) is 0.849. The molecular weight excluding hydrogens is 340 g/mol. The van der Waals surface area contributed by atoms with Crippen molar-refractivity contribution in [3.63, 3.8) is 0 Å². The summed E-state index contributed by atoms with van der Waals surface area (Å²) < 4.78 is 31.9. The number of alkyl halides is 2. The predicted molar refractivity (Wildman–Crippen MR) is 67.8 cm³/mol. The van der Waals surface area contributed by atoms with Gasteiger partial charge in [-0.15, -0.1) is 23.7 Å². The lowest BCUT2D eigenvalue weighted by Gasteiger charge is -2.20. The Kier molecular flexibility index (Phi) is 6.53. The van der Waals surface area contributed by atoms with Crippen molar-refractivity contribution in [3.8, 4) is 0 Å². The van der Waals surface area contributed by atoms with Crippen LogP contribution in [0.4, 0.5) is 8.78 Å². The number of halogens is 4. The van der Waals surface area contributed by atoms with E-state index >= 15 is 0 Å². The minimum atomic E-state index is -3.71. The van der Waals surface area contributed by atoms with E-state index in [0.29, 0.717) is 3.79 Å². The maximum absolute atomic E-state index is 13.5. The van der Waals surface area contributed by atoms with Crippen molar-refractivity contribution in [1.29, 1.82) is 0 Å². The molecule has 0 aromatic carbocycles. The van der Waals surface area contributed by atoms with Crippen LogP contribution in [0.5, 0.6) is 0 Å². The summed E-state index contributed by atoms with van der Waals surface area (Å²) in [5, 5.41) is 0. The van der Waals surface area contributed by atoms with Crippen LogP contribution in [0.15, 0.2) is 15.9 Å². The fourth-order valence-electron chi connectivity index (χ4n) is 1.03. The van der Waals surface area contributed by atoms with E-state index in [1.54, 1.807) is 6.07 Å². The predicted octanol–water partition coefficient (Wildman–Crippen LogP) is 3.13. The van der Waals surface area contributed by atoms with E-state index in [9.17, 15) is 13.6 Å². The first kappa shape index (κ1) is 16.8. The normalized spacial score (nSPS) is 12.8. The van der Waals surface area contributed by atoms with Gasteiger partial charge in [0.1, 0.15) is 6.04 Å². The van der Waals surface area contributed by atoms with Crippen LogP contribution < -0.4 is 5.73 Å². The Morgan fingerprint density at radius 1 is 1.65 bits per heavy atom. The topological polar surface area (TPSA) is 52.3 Å². The van der Waals surface area contributed by atoms with Crippen LogP contribution in [-0.4, -0.2) is 18.5 Å². The third kappa shape index (κ3) is 3.87. The number of esters is 1. The summed E-state index contributed by atoms with van der Waals surface area (Å²) in [5.74, 6) is -5.30. The van der Waals surface area contributed by atoms with Gasteiger partial charge in [-0.05, 0) is 35.0 Å². The molecule has 1 heterocycles. The molecule has 0 bridgehead atoms. The van der Waals surface area contributed by atoms with Gasteiger partial charge in [0, 0.05) is 4.88 Å². The van der Waals surface area contributed by atoms with E-state index in [0.717, 1.165) is 11.3 Å². The Morgan fingerprint density at radius 2 is 2.24 bits per heavy atom. The number of carbonyl (C=O) groups is 1. The highest BCUT2D eigenvalue weighted by Gasteiger charge is 2.48. The Balaban J connectivity index is 0.00000256. The molecule has 3 nitrogen and oxygen atoms in total. The van der Waals surface area contributed by atoms with Crippen LogP contribution >= 0.6 is 39.7 Å². The first-order valence-corrected chi connectivity index (χ1v) is 6.06. The number of hydrogen-bond acceptors (Lipinski definition) is 4. The highest BCUT2D eigenvalue weighted by molar-refractivity contribution is 9.11. The molecule has 2 N–H and O–H groups in total. The van der Waals surface area contributed by atoms with Gasteiger partial charge in [-0.25, -0.2) is 4.79 Å². The molecule has 17 heavy (non-hydrogen) atoms. The van der Waals surface area contributed by atoms with Crippen LogP contribution in [0.1, 0.15) is 17.8 Å². The number of nitrogens with two attached hydrogens (primary N) is 1. The zero-order valence-corrected chi connectivity index (χ0v) is 12.0. The molecule has 1 rings (SSSR count). The van der Waals surface area contributed by atoms with E-state index in [1.807, 2.05) is 0 Å². The number of hydrogen-bond donors (Lipinski definition) is 1. The van der Waals surface area contributed by atoms with Crippen LogP contribution in [0.25, 0.3) is 0 Å². The van der Waals surface area contributed by atoms with Crippen molar-refractivity contribution in [2.24, 2.45) is 5.73 Å². The molecule has 1 aromatic heterocycles. The summed E-state index contributed by atoms with van der Waals surface area (Å²) >= 11 is 4.20. The maximum atomic E-state index is 13.5. The maximum Gasteiger partial charge on any atom is 0.379 e. The molecule has 0 saturated carbocycles. The molecule has 8 heteroatoms. The van der Waals surface area contributed by atoms with Crippen molar-refractivity contribution >= 4 is 45.6 Å². The smallest absolute Gasteiger partial charge is 0.379 e. The van der Waals surface area contributed by atoms with Crippen LogP contribution in [0.3, 0.4) is 0 Å². The van der Waals surface area contributed by atoms with Crippen molar-refractivity contribution in [3.05, 3.63) is 20.8 Å². The molecule has 1 atom stereocenters. The molecule has 0 aliphatic rings. The second-order valence-corrected chi connectivity index (χ2v) is 5.46. The van der Waals surface area contributed by atoms with Crippen LogP contribution in [0, 0.1) is 0 Å². The summed E-state index contributed by atoms with van der Waals surface area (Å²) in [6, 6.07) is 1.37. The summed E-state index contributed by atoms with van der Waals surface area (Å²) in [6.07, 6.45) is 0. The number of carbonyl (C=O) groups excluding carboxylic acids is 1. The molecule has 0 aliphatic carbocycles. The van der Waals surface area contributed by atoms with Crippen molar-refractivity contribution in [2.45, 2.75) is 18.9 Å². The van der Waals surface area contributed by atoms with Gasteiger partial charge in [0.05, 0.1) is 10.4 Å². The van der Waals surface area contributed by atoms with Gasteiger partial charge >= 0.3 is 11.9 Å². The summed E-state index contributed by atoms with van der Waals surface area (Å²) in [6.45, 7) is 1.36. The second-order valence-electron chi connectivity index (χ2n) is 2.96. The standard InChI is InChI=1S/C9H10BrF2NO2S.ClH/c1-2-15-8(14)9(11,12)7(13)5-3-4-6(10)16-5;/h3-4,7H,2,13H2,1H3;1H/t7-;/m1./s1. The molecule has 0 radical (unpaired) electrons. The molecule has 98 valence electrons. The molecule has 1 aromatic rings. The summed E-state index contributed by atoms with van der Waals surface area (Å²) in [5.41, 5.74) is 5.36. The molecule has 0 aliphatic heterocycles.